The van der Waals surface area contributed by atoms with Crippen LogP contribution in [0.4, 0.5) is 0 Å². The molecule has 0 bridgehead atoms. The van der Waals surface area contributed by atoms with Crippen molar-refractivity contribution in [3.8, 4) is 0 Å². The second-order valence-electron chi connectivity index (χ2n) is 2.22. The van der Waals surface area contributed by atoms with Crippen LogP contribution in [0.5, 0.6) is 0 Å². The maximum Gasteiger partial charge on any atom is 0.120 e. The lowest BCUT2D eigenvalue weighted by atomic mass is 10.9. The van der Waals surface area contributed by atoms with Crippen LogP contribution in [0.15, 0.2) is 0 Å². The third-order valence-electron chi connectivity index (χ3n) is 1.26. The number of hydrogen-bond donors (Lipinski definition) is 0. The summed E-state index contributed by atoms with van der Waals surface area (Å²) in [5.74, 6) is 0. The molecular formula is C5H13ClOSi. The molecular weight excluding hydrogens is 140 g/mol. The predicted octanol–water partition coefficient (Wildman–Crippen LogP) is 1.61. The van der Waals surface area contributed by atoms with E-state index in [0.29, 0.717) is 11.8 Å². The molecule has 0 aromatic rings. The van der Waals surface area contributed by atoms with E-state index in [9.17, 15) is 0 Å². The van der Waals surface area contributed by atoms with Gasteiger partial charge in [-0.1, -0.05) is 24.7 Å². The van der Waals surface area contributed by atoms with Gasteiger partial charge in [-0.05, 0) is 6.92 Å². The first kappa shape index (κ1) is 8.47. The van der Waals surface area contributed by atoms with E-state index in [1.165, 1.54) is 0 Å². The molecule has 0 aromatic carbocycles. The number of halogens is 1. The molecule has 0 aromatic heterocycles. The molecule has 0 aliphatic rings. The second-order valence-corrected chi connectivity index (χ2v) is 5.87. The maximum atomic E-state index is 5.34. The van der Waals surface area contributed by atoms with Crippen molar-refractivity contribution in [2.24, 2.45) is 0 Å². The van der Waals surface area contributed by atoms with E-state index in [1.54, 1.807) is 0 Å². The number of ether oxygens (including phenoxy) is 1. The molecule has 0 saturated carbocycles. The van der Waals surface area contributed by atoms with Gasteiger partial charge in [-0.3, -0.25) is 0 Å². The Morgan fingerprint density at radius 2 is 2.12 bits per heavy atom. The highest BCUT2D eigenvalue weighted by atomic mass is 35.5. The number of alkyl halides is 1. The highest BCUT2D eigenvalue weighted by molar-refractivity contribution is 6.57. The van der Waals surface area contributed by atoms with Gasteiger partial charge in [0.25, 0.3) is 0 Å². The summed E-state index contributed by atoms with van der Waals surface area (Å²) in [4.78, 5) is 0. The van der Waals surface area contributed by atoms with E-state index < -0.39 is 8.80 Å². The van der Waals surface area contributed by atoms with Crippen LogP contribution in [0, 0.1) is 0 Å². The smallest absolute Gasteiger partial charge is 0.120 e. The minimum Gasteiger partial charge on any atom is -0.367 e. The SMILES string of the molecule is CC(OCCl)[SiH](C)C. The third-order valence-corrected chi connectivity index (χ3v) is 3.46. The van der Waals surface area contributed by atoms with Crippen molar-refractivity contribution >= 4 is 20.4 Å². The van der Waals surface area contributed by atoms with Crippen LogP contribution in [0.1, 0.15) is 6.92 Å². The minimum atomic E-state index is -0.589. The molecule has 0 heterocycles. The minimum absolute atomic E-state index is 0.340. The third kappa shape index (κ3) is 3.47. The Labute approximate surface area is 57.6 Å². The second kappa shape index (κ2) is 4.36. The van der Waals surface area contributed by atoms with Crippen molar-refractivity contribution in [3.05, 3.63) is 0 Å². The molecule has 3 heteroatoms. The fraction of sp³-hybridized carbons (Fsp3) is 1.00. The Morgan fingerprint density at radius 1 is 1.62 bits per heavy atom. The Kier molecular flexibility index (Phi) is 4.61. The molecule has 0 rings (SSSR count). The first-order chi connectivity index (χ1) is 3.68. The highest BCUT2D eigenvalue weighted by Gasteiger charge is 2.06. The fourth-order valence-electron chi connectivity index (χ4n) is 0.292. The first-order valence-electron chi connectivity index (χ1n) is 2.86. The van der Waals surface area contributed by atoms with E-state index >= 15 is 0 Å². The average Bonchev–Trinajstić information content (AvgIpc) is 1.67. The lowest BCUT2D eigenvalue weighted by Crippen LogP contribution is -2.23. The number of hydrogen-bond acceptors (Lipinski definition) is 1. The van der Waals surface area contributed by atoms with E-state index in [1.807, 2.05) is 0 Å². The summed E-state index contributed by atoms with van der Waals surface area (Å²) in [6.45, 7) is 6.58. The standard InChI is InChI=1S/C5H13ClOSi/c1-5(7-4-6)8(2)3/h5,8H,4H2,1-3H3. The Balaban J connectivity index is 3.17. The summed E-state index contributed by atoms with van der Waals surface area (Å²) in [6, 6.07) is 0.340. The van der Waals surface area contributed by atoms with Gasteiger partial charge in [-0.15, -0.1) is 0 Å². The van der Waals surface area contributed by atoms with Gasteiger partial charge in [0.15, 0.2) is 0 Å². The normalized spacial score (nSPS) is 14.6. The van der Waals surface area contributed by atoms with Gasteiger partial charge >= 0.3 is 0 Å². The Bertz CT molecular complexity index is 58.4. The molecule has 1 atom stereocenters. The van der Waals surface area contributed by atoms with Crippen LogP contribution in [-0.4, -0.2) is 20.6 Å². The maximum absolute atomic E-state index is 5.34. The van der Waals surface area contributed by atoms with Crippen molar-refractivity contribution in [2.75, 3.05) is 6.07 Å². The summed E-state index contributed by atoms with van der Waals surface area (Å²) < 4.78 is 5.13. The van der Waals surface area contributed by atoms with Gasteiger partial charge in [0.05, 0.1) is 8.80 Å². The Hall–Kier alpha value is 0.467. The molecule has 0 radical (unpaired) electrons. The van der Waals surface area contributed by atoms with E-state index in [0.717, 1.165) is 0 Å². The Morgan fingerprint density at radius 3 is 2.25 bits per heavy atom. The quantitative estimate of drug-likeness (QED) is 0.441. The van der Waals surface area contributed by atoms with E-state index in [2.05, 4.69) is 20.0 Å². The summed E-state index contributed by atoms with van der Waals surface area (Å²) in [7, 11) is -0.589. The first-order valence-corrected chi connectivity index (χ1v) is 6.37. The van der Waals surface area contributed by atoms with Gasteiger partial charge in [-0.2, -0.15) is 0 Å². The zero-order valence-corrected chi connectivity index (χ0v) is 7.56. The largest absolute Gasteiger partial charge is 0.367 e. The molecule has 0 saturated heterocycles. The van der Waals surface area contributed by atoms with E-state index in [-0.39, 0.29) is 0 Å². The van der Waals surface area contributed by atoms with Gasteiger partial charge < -0.3 is 4.74 Å². The van der Waals surface area contributed by atoms with Gasteiger partial charge in [0, 0.05) is 5.73 Å². The summed E-state index contributed by atoms with van der Waals surface area (Å²) in [6.07, 6.45) is 0. The topological polar surface area (TPSA) is 9.23 Å². The van der Waals surface area contributed by atoms with Gasteiger partial charge in [0.1, 0.15) is 6.07 Å². The van der Waals surface area contributed by atoms with Crippen LogP contribution in [-0.2, 0) is 4.74 Å². The molecule has 0 N–H and O–H groups in total. The summed E-state index contributed by atoms with van der Waals surface area (Å²) >= 11 is 5.34. The molecule has 0 amide bonds. The average molecular weight is 153 g/mol. The lowest BCUT2D eigenvalue weighted by Gasteiger charge is -2.12. The van der Waals surface area contributed by atoms with Crippen LogP contribution in [0.3, 0.4) is 0 Å². The molecule has 0 fully saturated rings. The van der Waals surface area contributed by atoms with Crippen molar-refractivity contribution < 1.29 is 4.74 Å². The van der Waals surface area contributed by atoms with Crippen LogP contribution < -0.4 is 0 Å². The van der Waals surface area contributed by atoms with Crippen LogP contribution >= 0.6 is 11.6 Å². The molecule has 1 unspecified atom stereocenters. The van der Waals surface area contributed by atoms with Crippen LogP contribution in [0.25, 0.3) is 0 Å². The molecule has 1 nitrogen and oxygen atoms in total. The highest BCUT2D eigenvalue weighted by Crippen LogP contribution is 1.96. The fourth-order valence-corrected chi connectivity index (χ4v) is 1.09. The van der Waals surface area contributed by atoms with Gasteiger partial charge in [0.2, 0.25) is 0 Å². The molecule has 0 aliphatic carbocycles. The van der Waals surface area contributed by atoms with Crippen molar-refractivity contribution in [1.29, 1.82) is 0 Å². The van der Waals surface area contributed by atoms with Crippen molar-refractivity contribution in [1.82, 2.24) is 0 Å². The zero-order chi connectivity index (χ0) is 6.57. The van der Waals surface area contributed by atoms with E-state index in [4.69, 9.17) is 16.3 Å². The van der Waals surface area contributed by atoms with Crippen LogP contribution in [0.2, 0.25) is 13.1 Å². The monoisotopic (exact) mass is 152 g/mol. The van der Waals surface area contributed by atoms with Gasteiger partial charge in [-0.25, -0.2) is 0 Å². The molecule has 0 spiro atoms. The molecule has 8 heavy (non-hydrogen) atoms. The van der Waals surface area contributed by atoms with Crippen molar-refractivity contribution in [2.45, 2.75) is 25.7 Å². The summed E-state index contributed by atoms with van der Waals surface area (Å²) in [5.41, 5.74) is 0.424. The molecule has 0 aliphatic heterocycles. The number of rotatable bonds is 3. The van der Waals surface area contributed by atoms with Crippen molar-refractivity contribution in [3.63, 3.8) is 0 Å². The molecule has 50 valence electrons. The predicted molar refractivity (Wildman–Crippen MR) is 40.1 cm³/mol. The lowest BCUT2D eigenvalue weighted by molar-refractivity contribution is 0.157. The summed E-state index contributed by atoms with van der Waals surface area (Å²) in [5, 5.41) is 0. The zero-order valence-electron chi connectivity index (χ0n) is 5.65.